The molecule has 4 rings (SSSR count). The fourth-order valence-corrected chi connectivity index (χ4v) is 6.39. The lowest BCUT2D eigenvalue weighted by Gasteiger charge is -2.39. The summed E-state index contributed by atoms with van der Waals surface area (Å²) in [6, 6.07) is 6.07. The Morgan fingerprint density at radius 1 is 1.20 bits per heavy atom. The fourth-order valence-electron chi connectivity index (χ4n) is 6.39. The summed E-state index contributed by atoms with van der Waals surface area (Å²) in [6.07, 6.45) is 5.22. The first-order valence-electron chi connectivity index (χ1n) is 13.1. The van der Waals surface area contributed by atoms with Crippen LogP contribution in [0.25, 0.3) is 10.9 Å². The number of benzene rings is 1. The largest absolute Gasteiger partial charge is 0.396 e. The van der Waals surface area contributed by atoms with Gasteiger partial charge < -0.3 is 25.0 Å². The molecule has 1 aliphatic carbocycles. The number of aliphatic hydroxyl groups excluding tert-OH is 1. The van der Waals surface area contributed by atoms with Crippen LogP contribution in [0.1, 0.15) is 73.5 Å². The van der Waals surface area contributed by atoms with Crippen LogP contribution in [0, 0.1) is 17.8 Å². The van der Waals surface area contributed by atoms with E-state index in [1.165, 1.54) is 11.3 Å². The van der Waals surface area contributed by atoms with E-state index in [1.54, 1.807) is 7.05 Å². The molecule has 3 N–H and O–H groups in total. The van der Waals surface area contributed by atoms with Gasteiger partial charge in [0, 0.05) is 74.5 Å². The average molecular weight is 484 g/mol. The highest BCUT2D eigenvalue weighted by atomic mass is 16.5. The molecular formula is C28H41N3O4. The number of fused-ring (bicyclic) bond motifs is 3. The summed E-state index contributed by atoms with van der Waals surface area (Å²) in [5.74, 6) is 1.24. The lowest BCUT2D eigenvalue weighted by molar-refractivity contribution is -0.122. The molecule has 192 valence electrons. The summed E-state index contributed by atoms with van der Waals surface area (Å²) in [4.78, 5) is 24.8. The van der Waals surface area contributed by atoms with Gasteiger partial charge in [-0.05, 0) is 87.5 Å². The number of aliphatic hydroxyl groups is 1. The van der Waals surface area contributed by atoms with Gasteiger partial charge in [0.15, 0.2) is 0 Å². The molecule has 0 radical (unpaired) electrons. The van der Waals surface area contributed by atoms with E-state index in [4.69, 9.17) is 4.74 Å². The number of hydrogen-bond donors (Lipinski definition) is 3. The van der Waals surface area contributed by atoms with Gasteiger partial charge in [-0.2, -0.15) is 0 Å². The highest BCUT2D eigenvalue weighted by Gasteiger charge is 2.39. The number of nitrogens with one attached hydrogen (secondary N) is 2. The number of aromatic nitrogens is 1. The molecule has 1 aromatic carbocycles. The van der Waals surface area contributed by atoms with Crippen molar-refractivity contribution in [3.8, 4) is 0 Å². The van der Waals surface area contributed by atoms with Crippen LogP contribution in [0.4, 0.5) is 0 Å². The van der Waals surface area contributed by atoms with Crippen LogP contribution in [0.15, 0.2) is 18.2 Å². The summed E-state index contributed by atoms with van der Waals surface area (Å²) in [5.41, 5.74) is 4.36. The number of carbonyl (C=O) groups is 2. The average Bonchev–Trinajstić information content (AvgIpc) is 3.15. The van der Waals surface area contributed by atoms with Gasteiger partial charge in [0.1, 0.15) is 0 Å². The van der Waals surface area contributed by atoms with Gasteiger partial charge >= 0.3 is 0 Å². The molecule has 0 saturated carbocycles. The quantitative estimate of drug-likeness (QED) is 0.536. The maximum atomic E-state index is 12.4. The summed E-state index contributed by atoms with van der Waals surface area (Å²) in [5, 5.41) is 17.4. The summed E-state index contributed by atoms with van der Waals surface area (Å²) in [7, 11) is 3.76. The molecule has 2 aromatic rings. The van der Waals surface area contributed by atoms with Crippen molar-refractivity contribution in [3.05, 3.63) is 35.0 Å². The van der Waals surface area contributed by atoms with Crippen LogP contribution >= 0.6 is 0 Å². The van der Waals surface area contributed by atoms with Crippen LogP contribution in [0.3, 0.4) is 0 Å². The first-order chi connectivity index (χ1) is 16.8. The van der Waals surface area contributed by atoms with Crippen LogP contribution in [0.2, 0.25) is 0 Å². The van der Waals surface area contributed by atoms with E-state index in [1.807, 2.05) is 32.0 Å². The predicted octanol–water partition coefficient (Wildman–Crippen LogP) is 3.52. The Kier molecular flexibility index (Phi) is 8.17. The minimum atomic E-state index is -0.0813. The normalized spacial score (nSPS) is 21.7. The monoisotopic (exact) mass is 483 g/mol. The lowest BCUT2D eigenvalue weighted by atomic mass is 9.67. The van der Waals surface area contributed by atoms with E-state index in [0.717, 1.165) is 49.8 Å². The van der Waals surface area contributed by atoms with Crippen molar-refractivity contribution in [2.45, 2.75) is 64.3 Å². The molecule has 3 atom stereocenters. The third-order valence-electron chi connectivity index (χ3n) is 8.15. The smallest absolute Gasteiger partial charge is 0.251 e. The second-order valence-corrected chi connectivity index (χ2v) is 10.7. The van der Waals surface area contributed by atoms with Gasteiger partial charge in [-0.15, -0.1) is 0 Å². The number of carbonyl (C=O) groups excluding carboxylic acids is 2. The molecule has 2 heterocycles. The Morgan fingerprint density at radius 3 is 2.60 bits per heavy atom. The van der Waals surface area contributed by atoms with Gasteiger partial charge in [-0.25, -0.2) is 0 Å². The van der Waals surface area contributed by atoms with E-state index in [2.05, 4.69) is 22.2 Å². The first kappa shape index (κ1) is 25.7. The maximum absolute atomic E-state index is 12.4. The molecule has 1 fully saturated rings. The van der Waals surface area contributed by atoms with Crippen molar-refractivity contribution < 1.29 is 19.4 Å². The second kappa shape index (κ2) is 11.1. The highest BCUT2D eigenvalue weighted by Crippen LogP contribution is 2.48. The predicted molar refractivity (Wildman–Crippen MR) is 137 cm³/mol. The zero-order valence-corrected chi connectivity index (χ0v) is 21.6. The Bertz CT molecular complexity index is 1050. The molecule has 1 aliphatic heterocycles. The van der Waals surface area contributed by atoms with Crippen LogP contribution in [0.5, 0.6) is 0 Å². The van der Waals surface area contributed by atoms with Gasteiger partial charge in [0.05, 0.1) is 0 Å². The summed E-state index contributed by atoms with van der Waals surface area (Å²) in [6.45, 7) is 5.62. The van der Waals surface area contributed by atoms with E-state index in [0.29, 0.717) is 30.2 Å². The fraction of sp³-hybridized carbons (Fsp3) is 0.643. The molecule has 2 aliphatic rings. The zero-order valence-electron chi connectivity index (χ0n) is 21.6. The van der Waals surface area contributed by atoms with Gasteiger partial charge in [-0.3, -0.25) is 9.59 Å². The number of aryl methyl sites for hydroxylation is 1. The minimum Gasteiger partial charge on any atom is -0.396 e. The molecule has 35 heavy (non-hydrogen) atoms. The third-order valence-corrected chi connectivity index (χ3v) is 8.15. The molecule has 2 amide bonds. The Morgan fingerprint density at radius 2 is 1.94 bits per heavy atom. The molecular weight excluding hydrogens is 442 g/mol. The number of hydrogen-bond acceptors (Lipinski definition) is 4. The van der Waals surface area contributed by atoms with Gasteiger partial charge in [0.25, 0.3) is 5.91 Å². The molecule has 1 saturated heterocycles. The summed E-state index contributed by atoms with van der Waals surface area (Å²) < 4.78 is 7.91. The standard InChI is InChI=1S/C28H41N3O4/c1-17(2)30-26(33)8-6-20(16-32)22-14-21(18-9-11-35-12-10-18)15-24-23-13-19(28(34)29-3)5-7-25(23)31(4)27(22)24/h5,7,13,17-18,20-22,32H,6,8-12,14-16H2,1-4H3,(H,29,34)(H,30,33)/t20-,21?,22?/m1/s1. The van der Waals surface area contributed by atoms with Crippen LogP contribution in [-0.4, -0.2) is 54.4 Å². The number of rotatable bonds is 8. The number of amides is 2. The van der Waals surface area contributed by atoms with Crippen molar-refractivity contribution >= 4 is 22.7 Å². The third kappa shape index (κ3) is 5.41. The Hall–Kier alpha value is -2.38. The summed E-state index contributed by atoms with van der Waals surface area (Å²) >= 11 is 0. The topological polar surface area (TPSA) is 92.6 Å². The maximum Gasteiger partial charge on any atom is 0.251 e. The van der Waals surface area contributed by atoms with E-state index in [-0.39, 0.29) is 36.3 Å². The van der Waals surface area contributed by atoms with Crippen molar-refractivity contribution in [3.63, 3.8) is 0 Å². The molecule has 0 spiro atoms. The number of ether oxygens (including phenoxy) is 1. The molecule has 7 heteroatoms. The van der Waals surface area contributed by atoms with Crippen molar-refractivity contribution in [1.29, 1.82) is 0 Å². The van der Waals surface area contributed by atoms with Crippen LogP contribution < -0.4 is 10.6 Å². The Labute approximate surface area is 208 Å². The molecule has 7 nitrogen and oxygen atoms in total. The van der Waals surface area contributed by atoms with E-state index < -0.39 is 0 Å². The van der Waals surface area contributed by atoms with Crippen LogP contribution in [-0.2, 0) is 23.0 Å². The van der Waals surface area contributed by atoms with E-state index >= 15 is 0 Å². The minimum absolute atomic E-state index is 0.00993. The Balaban J connectivity index is 1.72. The van der Waals surface area contributed by atoms with Gasteiger partial charge in [-0.1, -0.05) is 0 Å². The first-order valence-corrected chi connectivity index (χ1v) is 13.1. The molecule has 2 unspecified atom stereocenters. The molecule has 0 bridgehead atoms. The van der Waals surface area contributed by atoms with E-state index in [9.17, 15) is 14.7 Å². The highest BCUT2D eigenvalue weighted by molar-refractivity contribution is 5.99. The molecule has 1 aromatic heterocycles. The second-order valence-electron chi connectivity index (χ2n) is 10.7. The lowest BCUT2D eigenvalue weighted by Crippen LogP contribution is -2.34. The van der Waals surface area contributed by atoms with Crippen molar-refractivity contribution in [2.75, 3.05) is 26.9 Å². The van der Waals surface area contributed by atoms with Gasteiger partial charge in [0.2, 0.25) is 5.91 Å². The number of nitrogens with zero attached hydrogens (tertiary/aromatic N) is 1. The SMILES string of the molecule is CNC(=O)c1ccc2c(c1)c1c(n2C)C([C@@H](CO)CCC(=O)NC(C)C)CC(C2CCOCC2)C1. The van der Waals surface area contributed by atoms with Crippen molar-refractivity contribution in [1.82, 2.24) is 15.2 Å². The zero-order chi connectivity index (χ0) is 25.1. The van der Waals surface area contributed by atoms with Crippen molar-refractivity contribution in [2.24, 2.45) is 24.8 Å².